The highest BCUT2D eigenvalue weighted by molar-refractivity contribution is 4.93. The zero-order valence-electron chi connectivity index (χ0n) is 12.4. The number of hydrogen-bond donors (Lipinski definition) is 1. The van der Waals surface area contributed by atoms with Gasteiger partial charge >= 0.3 is 0 Å². The van der Waals surface area contributed by atoms with Gasteiger partial charge in [-0.25, -0.2) is 0 Å². The molecular formula is C15H30N2O. The molecule has 3 atom stereocenters. The normalized spacial score (nSPS) is 38.2. The van der Waals surface area contributed by atoms with E-state index in [4.69, 9.17) is 4.74 Å². The van der Waals surface area contributed by atoms with E-state index in [0.29, 0.717) is 17.7 Å². The van der Waals surface area contributed by atoms with Crippen molar-refractivity contribution in [2.45, 2.75) is 70.6 Å². The minimum absolute atomic E-state index is 0.350. The van der Waals surface area contributed by atoms with E-state index in [1.165, 1.54) is 45.2 Å². The SMILES string of the molecule is CCC1(C)CNC(C)CN1CCCC1CCCO1. The Bertz CT molecular complexity index is 253. The van der Waals surface area contributed by atoms with E-state index < -0.39 is 0 Å². The second-order valence-electron chi connectivity index (χ2n) is 6.36. The second kappa shape index (κ2) is 6.36. The molecule has 0 aliphatic carbocycles. The molecule has 2 fully saturated rings. The van der Waals surface area contributed by atoms with Crippen molar-refractivity contribution in [1.29, 1.82) is 0 Å². The summed E-state index contributed by atoms with van der Waals surface area (Å²) in [6, 6.07) is 0.632. The number of nitrogens with zero attached hydrogens (tertiary/aromatic N) is 1. The molecule has 3 nitrogen and oxygen atoms in total. The molecule has 0 saturated carbocycles. The molecule has 3 heteroatoms. The van der Waals surface area contributed by atoms with Crippen LogP contribution < -0.4 is 5.32 Å². The van der Waals surface area contributed by atoms with Crippen molar-refractivity contribution in [1.82, 2.24) is 10.2 Å². The van der Waals surface area contributed by atoms with Gasteiger partial charge in [0.05, 0.1) is 6.10 Å². The van der Waals surface area contributed by atoms with E-state index in [-0.39, 0.29) is 0 Å². The van der Waals surface area contributed by atoms with Crippen molar-refractivity contribution in [3.8, 4) is 0 Å². The van der Waals surface area contributed by atoms with Gasteiger partial charge in [-0.1, -0.05) is 6.92 Å². The fourth-order valence-corrected chi connectivity index (χ4v) is 3.21. The Morgan fingerprint density at radius 2 is 2.28 bits per heavy atom. The monoisotopic (exact) mass is 254 g/mol. The third-order valence-corrected chi connectivity index (χ3v) is 4.83. The number of hydrogen-bond acceptors (Lipinski definition) is 3. The van der Waals surface area contributed by atoms with E-state index in [9.17, 15) is 0 Å². The smallest absolute Gasteiger partial charge is 0.0576 e. The van der Waals surface area contributed by atoms with Gasteiger partial charge in [-0.15, -0.1) is 0 Å². The van der Waals surface area contributed by atoms with E-state index in [1.807, 2.05) is 0 Å². The van der Waals surface area contributed by atoms with Crippen LogP contribution in [0.2, 0.25) is 0 Å². The van der Waals surface area contributed by atoms with Gasteiger partial charge in [-0.2, -0.15) is 0 Å². The first-order chi connectivity index (χ1) is 8.64. The molecule has 0 radical (unpaired) electrons. The number of ether oxygens (including phenoxy) is 1. The van der Waals surface area contributed by atoms with Crippen LogP contribution in [-0.4, -0.2) is 48.8 Å². The molecule has 0 aromatic rings. The topological polar surface area (TPSA) is 24.5 Å². The van der Waals surface area contributed by atoms with Crippen LogP contribution in [0.1, 0.15) is 52.9 Å². The number of rotatable bonds is 5. The van der Waals surface area contributed by atoms with Crippen LogP contribution in [0.4, 0.5) is 0 Å². The Labute approximate surface area is 112 Å². The van der Waals surface area contributed by atoms with Gasteiger partial charge < -0.3 is 10.1 Å². The zero-order valence-corrected chi connectivity index (χ0v) is 12.4. The standard InChI is InChI=1S/C15H30N2O/c1-4-15(3)12-16-13(2)11-17(15)9-5-7-14-8-6-10-18-14/h13-14,16H,4-12H2,1-3H3. The van der Waals surface area contributed by atoms with Crippen LogP contribution in [0.3, 0.4) is 0 Å². The van der Waals surface area contributed by atoms with E-state index >= 15 is 0 Å². The van der Waals surface area contributed by atoms with Crippen molar-refractivity contribution in [2.24, 2.45) is 0 Å². The minimum Gasteiger partial charge on any atom is -0.378 e. The Balaban J connectivity index is 1.77. The molecule has 0 aromatic heterocycles. The maximum absolute atomic E-state index is 5.71. The molecule has 3 unspecified atom stereocenters. The van der Waals surface area contributed by atoms with Crippen LogP contribution in [0.25, 0.3) is 0 Å². The molecule has 0 aromatic carbocycles. The lowest BCUT2D eigenvalue weighted by atomic mass is 9.92. The summed E-state index contributed by atoms with van der Waals surface area (Å²) in [7, 11) is 0. The predicted molar refractivity (Wildman–Crippen MR) is 75.9 cm³/mol. The Morgan fingerprint density at radius 1 is 1.44 bits per heavy atom. The molecule has 2 heterocycles. The van der Waals surface area contributed by atoms with E-state index in [0.717, 1.165) is 13.2 Å². The maximum atomic E-state index is 5.71. The summed E-state index contributed by atoms with van der Waals surface area (Å²) < 4.78 is 5.71. The minimum atomic E-state index is 0.350. The molecule has 0 amide bonds. The van der Waals surface area contributed by atoms with Crippen LogP contribution in [-0.2, 0) is 4.74 Å². The highest BCUT2D eigenvalue weighted by Gasteiger charge is 2.34. The lowest BCUT2D eigenvalue weighted by molar-refractivity contribution is 0.0435. The van der Waals surface area contributed by atoms with Gasteiger partial charge in [0.1, 0.15) is 0 Å². The molecule has 0 bridgehead atoms. The highest BCUT2D eigenvalue weighted by Crippen LogP contribution is 2.24. The summed E-state index contributed by atoms with van der Waals surface area (Å²) in [5.41, 5.74) is 0.350. The first-order valence-electron chi connectivity index (χ1n) is 7.74. The van der Waals surface area contributed by atoms with Gasteiger partial charge in [0.2, 0.25) is 0 Å². The van der Waals surface area contributed by atoms with E-state index in [2.05, 4.69) is 31.0 Å². The summed E-state index contributed by atoms with van der Waals surface area (Å²) in [5.74, 6) is 0. The Hall–Kier alpha value is -0.120. The van der Waals surface area contributed by atoms with Gasteiger partial charge in [0.15, 0.2) is 0 Å². The number of nitrogens with one attached hydrogen (secondary N) is 1. The van der Waals surface area contributed by atoms with Gasteiger partial charge in [0, 0.05) is 31.3 Å². The fourth-order valence-electron chi connectivity index (χ4n) is 3.21. The first kappa shape index (κ1) is 14.3. The van der Waals surface area contributed by atoms with Gasteiger partial charge in [-0.3, -0.25) is 4.90 Å². The molecule has 106 valence electrons. The largest absolute Gasteiger partial charge is 0.378 e. The van der Waals surface area contributed by atoms with Crippen LogP contribution in [0.15, 0.2) is 0 Å². The van der Waals surface area contributed by atoms with Gasteiger partial charge in [0.25, 0.3) is 0 Å². The third-order valence-electron chi connectivity index (χ3n) is 4.83. The molecule has 0 spiro atoms. The average Bonchev–Trinajstić information content (AvgIpc) is 2.87. The van der Waals surface area contributed by atoms with Crippen LogP contribution in [0.5, 0.6) is 0 Å². The van der Waals surface area contributed by atoms with Crippen molar-refractivity contribution in [3.63, 3.8) is 0 Å². The second-order valence-corrected chi connectivity index (χ2v) is 6.36. The lowest BCUT2D eigenvalue weighted by Crippen LogP contribution is -2.62. The maximum Gasteiger partial charge on any atom is 0.0576 e. The molecule has 2 aliphatic rings. The van der Waals surface area contributed by atoms with Crippen molar-refractivity contribution < 1.29 is 4.74 Å². The van der Waals surface area contributed by atoms with Gasteiger partial charge in [-0.05, 0) is 52.5 Å². The third kappa shape index (κ3) is 3.46. The summed E-state index contributed by atoms with van der Waals surface area (Å²) in [5, 5.41) is 3.62. The Kier molecular flexibility index (Phi) is 5.05. The summed E-state index contributed by atoms with van der Waals surface area (Å²) in [4.78, 5) is 2.70. The van der Waals surface area contributed by atoms with Crippen molar-refractivity contribution in [3.05, 3.63) is 0 Å². The predicted octanol–water partition coefficient (Wildman–Crippen LogP) is 2.41. The Morgan fingerprint density at radius 3 is 2.94 bits per heavy atom. The van der Waals surface area contributed by atoms with Crippen molar-refractivity contribution >= 4 is 0 Å². The average molecular weight is 254 g/mol. The highest BCUT2D eigenvalue weighted by atomic mass is 16.5. The lowest BCUT2D eigenvalue weighted by Gasteiger charge is -2.47. The van der Waals surface area contributed by atoms with E-state index in [1.54, 1.807) is 0 Å². The first-order valence-corrected chi connectivity index (χ1v) is 7.74. The number of piperazine rings is 1. The molecule has 2 rings (SSSR count). The zero-order chi connectivity index (χ0) is 13.0. The van der Waals surface area contributed by atoms with Crippen molar-refractivity contribution in [2.75, 3.05) is 26.2 Å². The molecule has 2 saturated heterocycles. The molecule has 1 N–H and O–H groups in total. The molecule has 18 heavy (non-hydrogen) atoms. The van der Waals surface area contributed by atoms with Crippen LogP contribution >= 0.6 is 0 Å². The van der Waals surface area contributed by atoms with Crippen LogP contribution in [0, 0.1) is 0 Å². The quantitative estimate of drug-likeness (QED) is 0.815. The summed E-state index contributed by atoms with van der Waals surface area (Å²) in [6.07, 6.45) is 6.86. The molecular weight excluding hydrogens is 224 g/mol. The summed E-state index contributed by atoms with van der Waals surface area (Å²) >= 11 is 0. The fraction of sp³-hybridized carbons (Fsp3) is 1.00. The summed E-state index contributed by atoms with van der Waals surface area (Å²) in [6.45, 7) is 11.5. The molecule has 2 aliphatic heterocycles.